The maximum Gasteiger partial charge on any atom is 0.268 e. The highest BCUT2D eigenvalue weighted by atomic mass is 79.9. The van der Waals surface area contributed by atoms with Gasteiger partial charge in [0.15, 0.2) is 0 Å². The lowest BCUT2D eigenvalue weighted by Gasteiger charge is -2.18. The van der Waals surface area contributed by atoms with Crippen LogP contribution in [0, 0.1) is 0 Å². The molecule has 0 saturated heterocycles. The molecule has 1 amide bonds. The van der Waals surface area contributed by atoms with Crippen LogP contribution in [0.4, 0.5) is 0 Å². The van der Waals surface area contributed by atoms with Crippen LogP contribution in [0.3, 0.4) is 0 Å². The monoisotopic (exact) mass is 484 g/mol. The Hall–Kier alpha value is -2.08. The smallest absolute Gasteiger partial charge is 0.268 e. The molecular formula is C17H17BrN4O4S2. The van der Waals surface area contributed by atoms with Crippen molar-refractivity contribution in [2.75, 3.05) is 21.1 Å². The van der Waals surface area contributed by atoms with Gasteiger partial charge in [-0.3, -0.25) is 9.59 Å². The fourth-order valence-corrected chi connectivity index (χ4v) is 5.11. The molecule has 3 rings (SSSR count). The van der Waals surface area contributed by atoms with Gasteiger partial charge in [-0.1, -0.05) is 0 Å². The van der Waals surface area contributed by atoms with E-state index < -0.39 is 15.9 Å². The Labute approximate surface area is 174 Å². The van der Waals surface area contributed by atoms with Gasteiger partial charge in [-0.25, -0.2) is 17.7 Å². The second-order valence-electron chi connectivity index (χ2n) is 6.24. The van der Waals surface area contributed by atoms with Gasteiger partial charge in [0.1, 0.15) is 10.5 Å². The number of carbonyl (C=O) groups is 1. The molecule has 0 spiro atoms. The van der Waals surface area contributed by atoms with E-state index in [4.69, 9.17) is 0 Å². The first-order valence-electron chi connectivity index (χ1n) is 8.05. The highest BCUT2D eigenvalue weighted by Gasteiger charge is 2.23. The van der Waals surface area contributed by atoms with Crippen molar-refractivity contribution in [3.8, 4) is 0 Å². The third-order valence-corrected chi connectivity index (χ3v) is 7.75. The van der Waals surface area contributed by atoms with Crippen molar-refractivity contribution in [3.05, 3.63) is 55.9 Å². The van der Waals surface area contributed by atoms with Crippen LogP contribution in [0.25, 0.3) is 10.2 Å². The minimum Gasteiger partial charge on any atom is -0.334 e. The number of amides is 1. The van der Waals surface area contributed by atoms with Gasteiger partial charge in [0, 0.05) is 31.2 Å². The predicted octanol–water partition coefficient (Wildman–Crippen LogP) is 2.27. The zero-order valence-corrected chi connectivity index (χ0v) is 18.5. The third kappa shape index (κ3) is 3.88. The number of aromatic nitrogens is 2. The normalized spacial score (nSPS) is 11.9. The number of halogens is 1. The van der Waals surface area contributed by atoms with Crippen LogP contribution in [0.15, 0.2) is 43.8 Å². The largest absolute Gasteiger partial charge is 0.334 e. The number of hydrogen-bond donors (Lipinski definition) is 1. The number of carbonyl (C=O) groups excluding carboxylic acids is 1. The fraction of sp³-hybridized carbons (Fsp3) is 0.235. The van der Waals surface area contributed by atoms with Gasteiger partial charge in [0.05, 0.1) is 17.0 Å². The predicted molar refractivity (Wildman–Crippen MR) is 111 cm³/mol. The molecular weight excluding hydrogens is 468 g/mol. The Morgan fingerprint density at radius 2 is 1.96 bits per heavy atom. The first-order valence-corrected chi connectivity index (χ1v) is 11.2. The minimum atomic E-state index is -3.71. The first kappa shape index (κ1) is 20.6. The average Bonchev–Trinajstić information content (AvgIpc) is 3.10. The summed E-state index contributed by atoms with van der Waals surface area (Å²) in [6.07, 6.45) is 0. The van der Waals surface area contributed by atoms with E-state index in [9.17, 15) is 18.0 Å². The molecule has 148 valence electrons. The van der Waals surface area contributed by atoms with Crippen molar-refractivity contribution in [2.45, 2.75) is 11.4 Å². The molecule has 0 fully saturated rings. The second-order valence-corrected chi connectivity index (χ2v) is 10.1. The van der Waals surface area contributed by atoms with Crippen LogP contribution in [-0.4, -0.2) is 54.6 Å². The number of rotatable bonds is 5. The van der Waals surface area contributed by atoms with Gasteiger partial charge >= 0.3 is 0 Å². The highest BCUT2D eigenvalue weighted by molar-refractivity contribution is 9.10. The number of sulfonamides is 1. The Kier molecular flexibility index (Phi) is 5.71. The maximum atomic E-state index is 12.8. The standard InChI is InChI=1S/C17H17BrN4O4S2/c1-21(2)28(25,26)13-8-10(4-5-11(13)18)17(24)22(3)9-14-19-12-6-7-27-15(12)16(23)20-14/h4-8H,9H2,1-3H3,(H,19,20,23). The van der Waals surface area contributed by atoms with E-state index >= 15 is 0 Å². The Morgan fingerprint density at radius 3 is 2.64 bits per heavy atom. The Bertz CT molecular complexity index is 1220. The number of nitrogens with zero attached hydrogens (tertiary/aromatic N) is 3. The lowest BCUT2D eigenvalue weighted by Crippen LogP contribution is -2.29. The number of hydrogen-bond acceptors (Lipinski definition) is 6. The third-order valence-electron chi connectivity index (χ3n) is 4.03. The summed E-state index contributed by atoms with van der Waals surface area (Å²) in [5.74, 6) is -0.0410. The van der Waals surface area contributed by atoms with Gasteiger partial charge in [-0.2, -0.15) is 0 Å². The van der Waals surface area contributed by atoms with E-state index in [1.165, 1.54) is 48.5 Å². The number of nitrogens with one attached hydrogen (secondary N) is 1. The zero-order valence-electron chi connectivity index (χ0n) is 15.3. The molecule has 1 aromatic carbocycles. The van der Waals surface area contributed by atoms with Gasteiger partial charge in [0.25, 0.3) is 11.5 Å². The minimum absolute atomic E-state index is 0.00275. The number of thiophene rings is 1. The molecule has 0 aliphatic rings. The first-order chi connectivity index (χ1) is 13.1. The van der Waals surface area contributed by atoms with Crippen molar-refractivity contribution in [3.63, 3.8) is 0 Å². The molecule has 0 aliphatic carbocycles. The zero-order chi connectivity index (χ0) is 20.6. The summed E-state index contributed by atoms with van der Waals surface area (Å²) < 4.78 is 26.9. The fourth-order valence-electron chi connectivity index (χ4n) is 2.54. The molecule has 2 aromatic heterocycles. The summed E-state index contributed by atoms with van der Waals surface area (Å²) in [7, 11) is 0.686. The van der Waals surface area contributed by atoms with E-state index in [0.29, 0.717) is 20.5 Å². The summed E-state index contributed by atoms with van der Waals surface area (Å²) in [6, 6.07) is 6.13. The second kappa shape index (κ2) is 7.74. The van der Waals surface area contributed by atoms with Gasteiger partial charge < -0.3 is 9.88 Å². The van der Waals surface area contributed by atoms with E-state index in [2.05, 4.69) is 25.9 Å². The molecule has 0 aliphatic heterocycles. The molecule has 3 aromatic rings. The molecule has 11 heteroatoms. The average molecular weight is 485 g/mol. The molecule has 0 atom stereocenters. The molecule has 0 unspecified atom stereocenters. The van der Waals surface area contributed by atoms with Crippen LogP contribution >= 0.6 is 27.3 Å². The van der Waals surface area contributed by atoms with Crippen LogP contribution in [0.2, 0.25) is 0 Å². The quantitative estimate of drug-likeness (QED) is 0.597. The van der Waals surface area contributed by atoms with Crippen molar-refractivity contribution < 1.29 is 13.2 Å². The summed E-state index contributed by atoms with van der Waals surface area (Å²) >= 11 is 4.52. The molecule has 0 bridgehead atoms. The van der Waals surface area contributed by atoms with E-state index in [1.807, 2.05) is 0 Å². The van der Waals surface area contributed by atoms with Crippen molar-refractivity contribution >= 4 is 53.4 Å². The maximum absolute atomic E-state index is 12.8. The number of H-pyrrole nitrogens is 1. The van der Waals surface area contributed by atoms with Gasteiger partial charge in [-0.15, -0.1) is 11.3 Å². The molecule has 8 nitrogen and oxygen atoms in total. The van der Waals surface area contributed by atoms with E-state index in [0.717, 1.165) is 4.31 Å². The Balaban J connectivity index is 1.90. The lowest BCUT2D eigenvalue weighted by molar-refractivity contribution is 0.0781. The van der Waals surface area contributed by atoms with Gasteiger partial charge in [-0.05, 0) is 45.6 Å². The van der Waals surface area contributed by atoms with Crippen LogP contribution < -0.4 is 5.56 Å². The number of benzene rings is 1. The summed E-state index contributed by atoms with van der Waals surface area (Å²) in [5.41, 5.74) is 0.538. The van der Waals surface area contributed by atoms with E-state index in [1.54, 1.807) is 18.5 Å². The Morgan fingerprint density at radius 1 is 1.25 bits per heavy atom. The van der Waals surface area contributed by atoms with Gasteiger partial charge in [0.2, 0.25) is 10.0 Å². The van der Waals surface area contributed by atoms with Crippen LogP contribution in [0.5, 0.6) is 0 Å². The SMILES string of the molecule is CN(Cc1nc2ccsc2c(=O)[nH]1)C(=O)c1ccc(Br)c(S(=O)(=O)N(C)C)c1. The molecule has 1 N–H and O–H groups in total. The lowest BCUT2D eigenvalue weighted by atomic mass is 10.2. The topological polar surface area (TPSA) is 103 Å². The van der Waals surface area contributed by atoms with E-state index in [-0.39, 0.29) is 22.6 Å². The summed E-state index contributed by atoms with van der Waals surface area (Å²) in [6.45, 7) is 0.0751. The number of aromatic amines is 1. The highest BCUT2D eigenvalue weighted by Crippen LogP contribution is 2.26. The van der Waals surface area contributed by atoms with Crippen molar-refractivity contribution in [2.24, 2.45) is 0 Å². The molecule has 28 heavy (non-hydrogen) atoms. The summed E-state index contributed by atoms with van der Waals surface area (Å²) in [4.78, 5) is 33.3. The molecule has 0 saturated carbocycles. The summed E-state index contributed by atoms with van der Waals surface area (Å²) in [5, 5.41) is 1.78. The molecule has 0 radical (unpaired) electrons. The van der Waals surface area contributed by atoms with Crippen molar-refractivity contribution in [1.82, 2.24) is 19.2 Å². The number of fused-ring (bicyclic) bond motifs is 1. The van der Waals surface area contributed by atoms with Crippen LogP contribution in [0.1, 0.15) is 16.2 Å². The van der Waals surface area contributed by atoms with Crippen LogP contribution in [-0.2, 0) is 16.6 Å². The molecule has 2 heterocycles. The van der Waals surface area contributed by atoms with Crippen molar-refractivity contribution in [1.29, 1.82) is 0 Å².